The van der Waals surface area contributed by atoms with Gasteiger partial charge in [0.2, 0.25) is 0 Å². The molecule has 0 unspecified atom stereocenters. The van der Waals surface area contributed by atoms with E-state index in [0.717, 1.165) is 19.3 Å². The molecule has 0 saturated heterocycles. The molecular formula is C14H22O. The van der Waals surface area contributed by atoms with Crippen LogP contribution in [0.4, 0.5) is 0 Å². The molecule has 0 spiro atoms. The van der Waals surface area contributed by atoms with E-state index in [2.05, 4.69) is 19.8 Å². The maximum absolute atomic E-state index is 12.2. The van der Waals surface area contributed by atoms with Crippen LogP contribution in [0.3, 0.4) is 0 Å². The van der Waals surface area contributed by atoms with Crippen LogP contribution in [0.5, 0.6) is 0 Å². The zero-order valence-corrected chi connectivity index (χ0v) is 10.0. The number of carbonyl (C=O) groups is 1. The van der Waals surface area contributed by atoms with Crippen LogP contribution >= 0.6 is 0 Å². The molecule has 0 radical (unpaired) electrons. The molecule has 1 aliphatic rings. The Morgan fingerprint density at radius 2 is 2.00 bits per heavy atom. The van der Waals surface area contributed by atoms with Crippen molar-refractivity contribution in [2.24, 2.45) is 11.3 Å². The first-order valence-electron chi connectivity index (χ1n) is 6.07. The summed E-state index contributed by atoms with van der Waals surface area (Å²) < 4.78 is 0. The largest absolute Gasteiger partial charge is 0.299 e. The molecule has 0 N–H and O–H groups in total. The van der Waals surface area contributed by atoms with E-state index >= 15 is 0 Å². The summed E-state index contributed by atoms with van der Waals surface area (Å²) in [6.45, 7) is 4.41. The molecule has 0 bridgehead atoms. The van der Waals surface area contributed by atoms with E-state index < -0.39 is 0 Å². The van der Waals surface area contributed by atoms with Gasteiger partial charge in [0.15, 0.2) is 0 Å². The van der Waals surface area contributed by atoms with Gasteiger partial charge in [0.05, 0.1) is 0 Å². The van der Waals surface area contributed by atoms with Crippen LogP contribution in [0.25, 0.3) is 0 Å². The minimum atomic E-state index is -0.00891. The minimum Gasteiger partial charge on any atom is -0.299 e. The molecule has 1 nitrogen and oxygen atoms in total. The average molecular weight is 206 g/mol. The van der Waals surface area contributed by atoms with Gasteiger partial charge in [0.25, 0.3) is 0 Å². The Hall–Kier alpha value is -0.770. The fourth-order valence-electron chi connectivity index (χ4n) is 2.88. The molecule has 1 saturated carbocycles. The first kappa shape index (κ1) is 12.3. The normalized spacial score (nSPS) is 19.1. The highest BCUT2D eigenvalue weighted by atomic mass is 16.1. The summed E-state index contributed by atoms with van der Waals surface area (Å²) in [4.78, 5) is 12.2. The zero-order chi connectivity index (χ0) is 11.3. The van der Waals surface area contributed by atoms with Crippen molar-refractivity contribution in [3.63, 3.8) is 0 Å². The number of terminal acetylenes is 1. The van der Waals surface area contributed by atoms with Gasteiger partial charge in [-0.1, -0.05) is 26.7 Å². The highest BCUT2D eigenvalue weighted by Gasteiger charge is 2.40. The summed E-state index contributed by atoms with van der Waals surface area (Å²) in [6, 6.07) is 0. The molecule has 84 valence electrons. The number of Topliss-reactive ketones (excluding diaryl/α,β-unsaturated/α-hetero) is 1. The average Bonchev–Trinajstić information content (AvgIpc) is 2.62. The van der Waals surface area contributed by atoms with Crippen molar-refractivity contribution in [3.8, 4) is 12.3 Å². The predicted molar refractivity (Wildman–Crippen MR) is 63.4 cm³/mol. The third kappa shape index (κ3) is 3.09. The summed E-state index contributed by atoms with van der Waals surface area (Å²) >= 11 is 0. The lowest BCUT2D eigenvalue weighted by atomic mass is 9.74. The molecule has 1 rings (SSSR count). The molecule has 1 fully saturated rings. The second-order valence-electron chi connectivity index (χ2n) is 5.21. The van der Waals surface area contributed by atoms with Crippen LogP contribution in [0.15, 0.2) is 0 Å². The second kappa shape index (κ2) is 5.35. The lowest BCUT2D eigenvalue weighted by Crippen LogP contribution is -2.29. The summed E-state index contributed by atoms with van der Waals surface area (Å²) in [5, 5.41) is 0. The van der Waals surface area contributed by atoms with Gasteiger partial charge >= 0.3 is 0 Å². The van der Waals surface area contributed by atoms with Gasteiger partial charge in [-0.15, -0.1) is 12.3 Å². The van der Waals surface area contributed by atoms with Gasteiger partial charge in [-0.3, -0.25) is 4.79 Å². The van der Waals surface area contributed by atoms with Crippen molar-refractivity contribution < 1.29 is 4.79 Å². The van der Waals surface area contributed by atoms with Crippen molar-refractivity contribution in [3.05, 3.63) is 0 Å². The van der Waals surface area contributed by atoms with Crippen molar-refractivity contribution in [2.75, 3.05) is 0 Å². The monoisotopic (exact) mass is 206 g/mol. The van der Waals surface area contributed by atoms with Gasteiger partial charge in [0, 0.05) is 18.3 Å². The molecule has 1 heteroatoms. The van der Waals surface area contributed by atoms with E-state index in [1.165, 1.54) is 12.8 Å². The number of carbonyl (C=O) groups excluding carboxylic acids is 1. The van der Waals surface area contributed by atoms with Gasteiger partial charge in [-0.25, -0.2) is 0 Å². The Kier molecular flexibility index (Phi) is 4.39. The fourth-order valence-corrected chi connectivity index (χ4v) is 2.88. The molecule has 0 aliphatic heterocycles. The van der Waals surface area contributed by atoms with Crippen LogP contribution in [0.2, 0.25) is 0 Å². The van der Waals surface area contributed by atoms with E-state index in [0.29, 0.717) is 24.5 Å². The molecule has 0 aromatic heterocycles. The third-order valence-electron chi connectivity index (χ3n) is 3.45. The Morgan fingerprint density at radius 3 is 2.47 bits per heavy atom. The van der Waals surface area contributed by atoms with Crippen LogP contribution in [0, 0.1) is 23.7 Å². The Bertz CT molecular complexity index is 251. The van der Waals surface area contributed by atoms with Crippen molar-refractivity contribution >= 4 is 5.78 Å². The van der Waals surface area contributed by atoms with Gasteiger partial charge in [0.1, 0.15) is 5.78 Å². The highest BCUT2D eigenvalue weighted by Crippen LogP contribution is 2.44. The quantitative estimate of drug-likeness (QED) is 0.628. The first-order valence-corrected chi connectivity index (χ1v) is 6.07. The van der Waals surface area contributed by atoms with Crippen LogP contribution in [-0.2, 0) is 4.79 Å². The Morgan fingerprint density at radius 1 is 1.40 bits per heavy atom. The Labute approximate surface area is 93.6 Å². The first-order chi connectivity index (χ1) is 7.10. The van der Waals surface area contributed by atoms with Crippen LogP contribution in [0.1, 0.15) is 58.8 Å². The number of hydrogen-bond donors (Lipinski definition) is 0. The molecule has 0 aromatic carbocycles. The number of hydrogen-bond acceptors (Lipinski definition) is 1. The van der Waals surface area contributed by atoms with Gasteiger partial charge < -0.3 is 0 Å². The van der Waals surface area contributed by atoms with E-state index in [1.807, 2.05) is 0 Å². The molecule has 1 aliphatic carbocycles. The SMILES string of the molecule is C#CCCC(=O)C1(CC(C)C)CCCC1. The highest BCUT2D eigenvalue weighted by molar-refractivity contribution is 5.85. The lowest BCUT2D eigenvalue weighted by Gasteiger charge is -2.29. The second-order valence-corrected chi connectivity index (χ2v) is 5.21. The lowest BCUT2D eigenvalue weighted by molar-refractivity contribution is -0.129. The maximum atomic E-state index is 12.2. The topological polar surface area (TPSA) is 17.1 Å². The molecular weight excluding hydrogens is 184 g/mol. The third-order valence-corrected chi connectivity index (χ3v) is 3.45. The molecule has 0 amide bonds. The summed E-state index contributed by atoms with van der Waals surface area (Å²) in [6.07, 6.45) is 12.1. The van der Waals surface area contributed by atoms with E-state index in [9.17, 15) is 4.79 Å². The van der Waals surface area contributed by atoms with Crippen molar-refractivity contribution in [1.29, 1.82) is 0 Å². The predicted octanol–water partition coefficient (Wildman–Crippen LogP) is 3.58. The van der Waals surface area contributed by atoms with E-state index in [4.69, 9.17) is 6.42 Å². The smallest absolute Gasteiger partial charge is 0.139 e. The minimum absolute atomic E-state index is 0.00891. The molecule has 15 heavy (non-hydrogen) atoms. The summed E-state index contributed by atoms with van der Waals surface area (Å²) in [7, 11) is 0. The Balaban J connectivity index is 2.64. The van der Waals surface area contributed by atoms with Crippen molar-refractivity contribution in [2.45, 2.75) is 58.8 Å². The zero-order valence-electron chi connectivity index (χ0n) is 10.0. The number of ketones is 1. The number of rotatable bonds is 5. The summed E-state index contributed by atoms with van der Waals surface area (Å²) in [5.74, 6) is 3.60. The van der Waals surface area contributed by atoms with Gasteiger partial charge in [-0.2, -0.15) is 0 Å². The maximum Gasteiger partial charge on any atom is 0.139 e. The van der Waals surface area contributed by atoms with Crippen LogP contribution in [-0.4, -0.2) is 5.78 Å². The van der Waals surface area contributed by atoms with E-state index in [1.54, 1.807) is 0 Å². The standard InChI is InChI=1S/C14H22O/c1-4-5-8-13(15)14(11-12(2)3)9-6-7-10-14/h1,12H,5-11H2,2-3H3. The molecule has 0 atom stereocenters. The molecule has 0 heterocycles. The fraction of sp³-hybridized carbons (Fsp3) is 0.786. The van der Waals surface area contributed by atoms with Crippen molar-refractivity contribution in [1.82, 2.24) is 0 Å². The van der Waals surface area contributed by atoms with Crippen LogP contribution < -0.4 is 0 Å². The molecule has 0 aromatic rings. The summed E-state index contributed by atoms with van der Waals surface area (Å²) in [5.41, 5.74) is -0.00891. The van der Waals surface area contributed by atoms with Gasteiger partial charge in [-0.05, 0) is 25.2 Å². The van der Waals surface area contributed by atoms with E-state index in [-0.39, 0.29) is 5.41 Å².